The average Bonchev–Trinajstić information content (AvgIpc) is 2.50. The van der Waals surface area contributed by atoms with Gasteiger partial charge in [-0.05, 0) is 32.1 Å². The average molecular weight is 282 g/mol. The van der Waals surface area contributed by atoms with E-state index in [1.165, 1.54) is 19.3 Å². The highest BCUT2D eigenvalue weighted by molar-refractivity contribution is 5.79. The minimum atomic E-state index is -0.205. The zero-order chi connectivity index (χ0) is 14.4. The lowest BCUT2D eigenvalue weighted by atomic mass is 9.88. The van der Waals surface area contributed by atoms with E-state index in [1.54, 1.807) is 0 Å². The van der Waals surface area contributed by atoms with Gasteiger partial charge < -0.3 is 15.3 Å². The Morgan fingerprint density at radius 2 is 1.85 bits per heavy atom. The predicted molar refractivity (Wildman–Crippen MR) is 80.5 cm³/mol. The number of hydrogen-bond acceptors (Lipinski definition) is 3. The van der Waals surface area contributed by atoms with Crippen molar-refractivity contribution < 1.29 is 9.90 Å². The van der Waals surface area contributed by atoms with Gasteiger partial charge in [0, 0.05) is 31.6 Å². The van der Waals surface area contributed by atoms with Crippen LogP contribution in [0, 0.1) is 5.92 Å². The number of likely N-dealkylation sites (tertiary alicyclic amines) is 1. The Labute approximate surface area is 122 Å². The fourth-order valence-corrected chi connectivity index (χ4v) is 3.37. The Kier molecular flexibility index (Phi) is 6.30. The van der Waals surface area contributed by atoms with E-state index >= 15 is 0 Å². The van der Waals surface area contributed by atoms with Crippen molar-refractivity contribution in [2.45, 2.75) is 70.4 Å². The van der Waals surface area contributed by atoms with E-state index in [-0.39, 0.29) is 17.9 Å². The topological polar surface area (TPSA) is 52.6 Å². The first kappa shape index (κ1) is 15.8. The highest BCUT2D eigenvalue weighted by atomic mass is 16.3. The maximum atomic E-state index is 12.2. The molecule has 20 heavy (non-hydrogen) atoms. The number of hydrogen-bond donors (Lipinski definition) is 2. The molecule has 2 fully saturated rings. The van der Waals surface area contributed by atoms with Gasteiger partial charge >= 0.3 is 0 Å². The van der Waals surface area contributed by atoms with Crippen LogP contribution in [0.2, 0.25) is 0 Å². The third kappa shape index (κ3) is 4.74. The summed E-state index contributed by atoms with van der Waals surface area (Å²) in [6, 6.07) is 0.347. The Balaban J connectivity index is 1.67. The van der Waals surface area contributed by atoms with Crippen molar-refractivity contribution in [2.75, 3.05) is 19.6 Å². The zero-order valence-corrected chi connectivity index (χ0v) is 12.8. The number of rotatable bonds is 5. The Morgan fingerprint density at radius 1 is 1.20 bits per heavy atom. The number of nitrogens with zero attached hydrogens (tertiary/aromatic N) is 1. The van der Waals surface area contributed by atoms with E-state index in [2.05, 4.69) is 10.2 Å². The number of aliphatic hydroxyl groups is 1. The first-order chi connectivity index (χ1) is 9.69. The Hall–Kier alpha value is -0.610. The zero-order valence-electron chi connectivity index (χ0n) is 12.8. The number of amides is 1. The van der Waals surface area contributed by atoms with E-state index in [0.29, 0.717) is 6.04 Å². The summed E-state index contributed by atoms with van der Waals surface area (Å²) >= 11 is 0. The van der Waals surface area contributed by atoms with Gasteiger partial charge in [-0.15, -0.1) is 0 Å². The van der Waals surface area contributed by atoms with Crippen molar-refractivity contribution in [2.24, 2.45) is 5.92 Å². The molecule has 0 spiro atoms. The minimum absolute atomic E-state index is 0.205. The number of piperidine rings is 1. The summed E-state index contributed by atoms with van der Waals surface area (Å²) in [6.45, 7) is 4.78. The molecule has 1 heterocycles. The quantitative estimate of drug-likeness (QED) is 0.810. The minimum Gasteiger partial charge on any atom is -0.392 e. The lowest BCUT2D eigenvalue weighted by Gasteiger charge is -2.34. The first-order valence-corrected chi connectivity index (χ1v) is 8.39. The molecule has 0 bridgehead atoms. The number of carbonyl (C=O) groups is 1. The molecule has 0 aromatic rings. The van der Waals surface area contributed by atoms with E-state index in [4.69, 9.17) is 0 Å². The molecule has 1 saturated carbocycles. The molecule has 4 nitrogen and oxygen atoms in total. The van der Waals surface area contributed by atoms with Crippen molar-refractivity contribution in [3.8, 4) is 0 Å². The molecule has 1 saturated heterocycles. The number of nitrogens with one attached hydrogen (secondary N) is 1. The Bertz CT molecular complexity index is 295. The summed E-state index contributed by atoms with van der Waals surface area (Å²) < 4.78 is 0. The van der Waals surface area contributed by atoms with Crippen molar-refractivity contribution in [1.82, 2.24) is 10.2 Å². The van der Waals surface area contributed by atoms with Crippen molar-refractivity contribution in [3.63, 3.8) is 0 Å². The van der Waals surface area contributed by atoms with Crippen LogP contribution in [0.1, 0.15) is 58.3 Å². The third-order valence-corrected chi connectivity index (χ3v) is 4.85. The van der Waals surface area contributed by atoms with Gasteiger partial charge in [0.1, 0.15) is 0 Å². The second-order valence-corrected chi connectivity index (χ2v) is 6.48. The number of carbonyl (C=O) groups excluding carboxylic acids is 1. The smallest absolute Gasteiger partial charge is 0.223 e. The summed E-state index contributed by atoms with van der Waals surface area (Å²) in [4.78, 5) is 14.5. The highest BCUT2D eigenvalue weighted by Gasteiger charge is 2.26. The first-order valence-electron chi connectivity index (χ1n) is 8.39. The molecule has 2 N–H and O–H groups in total. The van der Waals surface area contributed by atoms with Crippen LogP contribution in [-0.4, -0.2) is 47.7 Å². The third-order valence-electron chi connectivity index (χ3n) is 4.85. The molecule has 116 valence electrons. The fraction of sp³-hybridized carbons (Fsp3) is 0.938. The SMILES string of the molecule is CCC(O)CN1CCC(NC(=O)C2CCCCC2)CC1. The maximum Gasteiger partial charge on any atom is 0.223 e. The molecule has 1 atom stereocenters. The largest absolute Gasteiger partial charge is 0.392 e. The Morgan fingerprint density at radius 3 is 2.45 bits per heavy atom. The molecule has 0 aromatic heterocycles. The van der Waals surface area contributed by atoms with Gasteiger partial charge in [-0.1, -0.05) is 26.2 Å². The number of aliphatic hydroxyl groups excluding tert-OH is 1. The van der Waals surface area contributed by atoms with Gasteiger partial charge in [-0.25, -0.2) is 0 Å². The summed E-state index contributed by atoms with van der Waals surface area (Å²) in [5.74, 6) is 0.556. The van der Waals surface area contributed by atoms with Crippen LogP contribution in [0.4, 0.5) is 0 Å². The normalized spacial score (nSPS) is 24.5. The molecule has 1 amide bonds. The van der Waals surface area contributed by atoms with Gasteiger partial charge in [0.2, 0.25) is 5.91 Å². The summed E-state index contributed by atoms with van der Waals surface area (Å²) in [5.41, 5.74) is 0. The predicted octanol–water partition coefficient (Wildman–Crippen LogP) is 1.92. The second kappa shape index (κ2) is 7.99. The van der Waals surface area contributed by atoms with Gasteiger partial charge in [0.05, 0.1) is 6.10 Å². The molecule has 4 heteroatoms. The standard InChI is InChI=1S/C16H30N2O2/c1-2-15(19)12-18-10-8-14(9-11-18)17-16(20)13-6-4-3-5-7-13/h13-15,19H,2-12H2,1H3,(H,17,20). The number of β-amino-alcohol motifs (C(OH)–C–C–N with tert-alkyl or cyclic N) is 1. The van der Waals surface area contributed by atoms with Gasteiger partial charge in [0.15, 0.2) is 0 Å². The fourth-order valence-electron chi connectivity index (χ4n) is 3.37. The van der Waals surface area contributed by atoms with Gasteiger partial charge in [0.25, 0.3) is 0 Å². The lowest BCUT2D eigenvalue weighted by molar-refractivity contribution is -0.127. The van der Waals surface area contributed by atoms with Crippen LogP contribution in [0.15, 0.2) is 0 Å². The van der Waals surface area contributed by atoms with Crippen molar-refractivity contribution in [1.29, 1.82) is 0 Å². The van der Waals surface area contributed by atoms with Gasteiger partial charge in [-0.2, -0.15) is 0 Å². The van der Waals surface area contributed by atoms with Gasteiger partial charge in [-0.3, -0.25) is 4.79 Å². The van der Waals surface area contributed by atoms with Crippen LogP contribution >= 0.6 is 0 Å². The van der Waals surface area contributed by atoms with Crippen LogP contribution in [0.5, 0.6) is 0 Å². The second-order valence-electron chi connectivity index (χ2n) is 6.48. The monoisotopic (exact) mass is 282 g/mol. The molecule has 1 unspecified atom stereocenters. The molecule has 2 aliphatic rings. The summed E-state index contributed by atoms with van der Waals surface area (Å²) in [7, 11) is 0. The maximum absolute atomic E-state index is 12.2. The molecule has 1 aliphatic heterocycles. The van der Waals surface area contributed by atoms with Crippen LogP contribution in [-0.2, 0) is 4.79 Å². The summed E-state index contributed by atoms with van der Waals surface area (Å²) in [5, 5.41) is 12.9. The van der Waals surface area contributed by atoms with Crippen LogP contribution in [0.3, 0.4) is 0 Å². The molecule has 1 aliphatic carbocycles. The molecule has 0 radical (unpaired) electrons. The molecular weight excluding hydrogens is 252 g/mol. The molecule has 2 rings (SSSR count). The van der Waals surface area contributed by atoms with Crippen LogP contribution < -0.4 is 5.32 Å². The van der Waals surface area contributed by atoms with E-state index in [0.717, 1.165) is 51.7 Å². The lowest BCUT2D eigenvalue weighted by Crippen LogP contribution is -2.47. The van der Waals surface area contributed by atoms with E-state index in [9.17, 15) is 9.90 Å². The van der Waals surface area contributed by atoms with Crippen molar-refractivity contribution in [3.05, 3.63) is 0 Å². The van der Waals surface area contributed by atoms with E-state index < -0.39 is 0 Å². The van der Waals surface area contributed by atoms with Crippen LogP contribution in [0.25, 0.3) is 0 Å². The summed E-state index contributed by atoms with van der Waals surface area (Å²) in [6.07, 6.45) is 8.53. The molecule has 0 aromatic carbocycles. The molecular formula is C16H30N2O2. The van der Waals surface area contributed by atoms with E-state index in [1.807, 2.05) is 6.92 Å². The van der Waals surface area contributed by atoms with Crippen molar-refractivity contribution >= 4 is 5.91 Å². The highest BCUT2D eigenvalue weighted by Crippen LogP contribution is 2.24.